The van der Waals surface area contributed by atoms with Crippen LogP contribution in [0.25, 0.3) is 11.1 Å². The summed E-state index contributed by atoms with van der Waals surface area (Å²) in [5, 5.41) is 6.28. The molecule has 0 aliphatic heterocycles. The summed E-state index contributed by atoms with van der Waals surface area (Å²) in [4.78, 5) is 0. The number of halogens is 2. The van der Waals surface area contributed by atoms with Gasteiger partial charge in [-0.05, 0) is 57.0 Å². The second-order valence-corrected chi connectivity index (χ2v) is 30.2. The van der Waals surface area contributed by atoms with E-state index >= 15 is 8.78 Å². The number of hydrogen-bond acceptors (Lipinski definition) is 1. The Hall–Kier alpha value is -2.01. The summed E-state index contributed by atoms with van der Waals surface area (Å²) in [6.07, 6.45) is 14.7. The van der Waals surface area contributed by atoms with E-state index in [0.29, 0.717) is 0 Å². The Balaban J connectivity index is 2.01. The fourth-order valence-corrected chi connectivity index (χ4v) is 25.7. The van der Waals surface area contributed by atoms with Crippen molar-refractivity contribution in [3.8, 4) is 11.1 Å². The van der Waals surface area contributed by atoms with E-state index in [2.05, 4.69) is 102 Å². The molecular formula is C51H77F2NP2Si2. The molecule has 0 radical (unpaired) electrons. The molecule has 0 aliphatic rings. The zero-order valence-electron chi connectivity index (χ0n) is 37.6. The molecule has 0 aliphatic carbocycles. The second-order valence-electron chi connectivity index (χ2n) is 17.3. The Labute approximate surface area is 359 Å². The summed E-state index contributed by atoms with van der Waals surface area (Å²) in [7, 11) is -4.86. The first-order valence-electron chi connectivity index (χ1n) is 23.2. The van der Waals surface area contributed by atoms with Crippen molar-refractivity contribution in [2.45, 2.75) is 175 Å². The lowest BCUT2D eigenvalue weighted by Gasteiger charge is -2.39. The van der Waals surface area contributed by atoms with E-state index < -0.39 is 24.2 Å². The van der Waals surface area contributed by atoms with Gasteiger partial charge in [0, 0.05) is 25.0 Å². The van der Waals surface area contributed by atoms with Crippen LogP contribution < -0.4 is 26.3 Å². The number of nitrogens with zero attached hydrogens (tertiary/aromatic N) is 1. The van der Waals surface area contributed by atoms with Crippen LogP contribution in [-0.2, 0) is 0 Å². The Kier molecular flexibility index (Phi) is 21.0. The highest BCUT2D eigenvalue weighted by Crippen LogP contribution is 2.49. The van der Waals surface area contributed by atoms with Crippen LogP contribution in [0.3, 0.4) is 0 Å². The number of rotatable bonds is 27. The maximum atomic E-state index is 16.5. The molecule has 2 unspecified atom stereocenters. The fourth-order valence-electron chi connectivity index (χ4n) is 9.22. The minimum absolute atomic E-state index is 0.130. The first-order valence-corrected chi connectivity index (χ1v) is 30.7. The third kappa shape index (κ3) is 12.5. The predicted octanol–water partition coefficient (Wildman–Crippen LogP) is 14.7. The van der Waals surface area contributed by atoms with Gasteiger partial charge in [-0.2, -0.15) is 0 Å². The molecule has 0 N–H and O–H groups in total. The molecule has 7 heteroatoms. The van der Waals surface area contributed by atoms with Crippen molar-refractivity contribution in [3.05, 3.63) is 103 Å². The van der Waals surface area contributed by atoms with Gasteiger partial charge in [0.2, 0.25) is 0 Å². The van der Waals surface area contributed by atoms with Crippen LogP contribution in [0.15, 0.2) is 91.0 Å². The van der Waals surface area contributed by atoms with Crippen molar-refractivity contribution < 1.29 is 8.78 Å². The number of unbranched alkanes of at least 4 members (excludes halogenated alkanes) is 6. The molecule has 58 heavy (non-hydrogen) atoms. The summed E-state index contributed by atoms with van der Waals surface area (Å²) >= 11 is 0. The van der Waals surface area contributed by atoms with Gasteiger partial charge in [-0.3, -0.25) is 0 Å². The summed E-state index contributed by atoms with van der Waals surface area (Å²) < 4.78 is 35.5. The summed E-state index contributed by atoms with van der Waals surface area (Å²) in [6.45, 7) is 18.5. The van der Waals surface area contributed by atoms with Gasteiger partial charge in [-0.1, -0.05) is 238 Å². The molecule has 0 heterocycles. The van der Waals surface area contributed by atoms with E-state index in [4.69, 9.17) is 0 Å². The van der Waals surface area contributed by atoms with Gasteiger partial charge in [0.1, 0.15) is 11.6 Å². The normalized spacial score (nSPS) is 13.0. The summed E-state index contributed by atoms with van der Waals surface area (Å²) in [5.41, 5.74) is 1.88. The van der Waals surface area contributed by atoms with Crippen LogP contribution >= 0.6 is 16.8 Å². The van der Waals surface area contributed by atoms with Gasteiger partial charge in [0.05, 0.1) is 16.1 Å². The smallest absolute Gasteiger partial charge is 0.132 e. The molecule has 4 rings (SSSR count). The highest BCUT2D eigenvalue weighted by Gasteiger charge is 2.38. The van der Waals surface area contributed by atoms with Gasteiger partial charge in [0.15, 0.2) is 0 Å². The topological polar surface area (TPSA) is 3.24 Å². The van der Waals surface area contributed by atoms with Crippen LogP contribution in [-0.4, -0.2) is 26.6 Å². The van der Waals surface area contributed by atoms with Gasteiger partial charge in [-0.15, -0.1) is 0 Å². The molecule has 0 saturated carbocycles. The van der Waals surface area contributed by atoms with E-state index in [1.165, 1.54) is 129 Å². The molecule has 0 bridgehead atoms. The lowest BCUT2D eigenvalue weighted by molar-refractivity contribution is 0.585. The Bertz CT molecular complexity index is 1750. The monoisotopic (exact) mass is 860 g/mol. The van der Waals surface area contributed by atoms with Crippen molar-refractivity contribution in [3.63, 3.8) is 0 Å². The van der Waals surface area contributed by atoms with Crippen LogP contribution in [0, 0.1) is 11.6 Å². The van der Waals surface area contributed by atoms with E-state index in [-0.39, 0.29) is 26.4 Å². The van der Waals surface area contributed by atoms with E-state index in [9.17, 15) is 0 Å². The Morgan fingerprint density at radius 2 is 1.03 bits per heavy atom. The van der Waals surface area contributed by atoms with Crippen LogP contribution in [0.5, 0.6) is 0 Å². The molecule has 4 aromatic carbocycles. The zero-order chi connectivity index (χ0) is 42.0. The Morgan fingerprint density at radius 3 is 1.53 bits per heavy atom. The third-order valence-corrected chi connectivity index (χ3v) is 28.3. The molecule has 2 atom stereocenters. The predicted molar refractivity (Wildman–Crippen MR) is 265 cm³/mol. The average molecular weight is 860 g/mol. The molecule has 0 amide bonds. The fraction of sp³-hybridized carbons (Fsp3) is 0.529. The standard InChI is InChI=1S/C51H77F2NP2Si2/c1-9-15-35-57(36-16-10-2,37-17-11-3)44-28-25-27-43(41-44)56(49-33-24-23-31-47(49)53)54(42(7)8)55-48-32-26-34-50(51(48)45-29-21-22-30-46(45)52)58(38-18-12-4,39-19-13-5)40-20-14-6/h21-34,41-42,55H,9-20,35-40H2,1-8H3. The largest absolute Gasteiger partial charge is 0.249 e. The van der Waals surface area contributed by atoms with E-state index in [0.717, 1.165) is 16.4 Å². The van der Waals surface area contributed by atoms with Crippen molar-refractivity contribution in [2.24, 2.45) is 0 Å². The van der Waals surface area contributed by atoms with E-state index in [1.54, 1.807) is 17.3 Å². The van der Waals surface area contributed by atoms with Gasteiger partial charge >= 0.3 is 0 Å². The number of benzene rings is 4. The summed E-state index contributed by atoms with van der Waals surface area (Å²) in [5.74, 6) is -0.271. The molecule has 4 aromatic rings. The van der Waals surface area contributed by atoms with Crippen LogP contribution in [0.2, 0.25) is 36.3 Å². The molecule has 318 valence electrons. The number of hydrogen-bond donors (Lipinski definition) is 0. The maximum absolute atomic E-state index is 16.5. The summed E-state index contributed by atoms with van der Waals surface area (Å²) in [6, 6.07) is 39.5. The van der Waals surface area contributed by atoms with Crippen molar-refractivity contribution in [2.75, 3.05) is 0 Å². The van der Waals surface area contributed by atoms with Crippen molar-refractivity contribution in [1.29, 1.82) is 0 Å². The minimum atomic E-state index is -2.05. The minimum Gasteiger partial charge on any atom is -0.249 e. The Morgan fingerprint density at radius 1 is 0.552 bits per heavy atom. The average Bonchev–Trinajstić information content (AvgIpc) is 3.24. The highest BCUT2D eigenvalue weighted by molar-refractivity contribution is 7.77. The van der Waals surface area contributed by atoms with Gasteiger partial charge in [-0.25, -0.2) is 13.2 Å². The molecule has 0 aromatic heterocycles. The van der Waals surface area contributed by atoms with Gasteiger partial charge < -0.3 is 0 Å². The first-order chi connectivity index (χ1) is 28.1. The lowest BCUT2D eigenvalue weighted by atomic mass is 10.0. The third-order valence-electron chi connectivity index (χ3n) is 12.6. The molecular weight excluding hydrogens is 783 g/mol. The van der Waals surface area contributed by atoms with Crippen LogP contribution in [0.1, 0.15) is 132 Å². The molecule has 0 fully saturated rings. The molecule has 1 nitrogen and oxygen atoms in total. The second kappa shape index (κ2) is 25.1. The SMILES string of the molecule is CCCC[Si](CCCC)(CCCC)c1cccc(P(c2ccccc2F)N(Pc2cccc([Si](CCCC)(CCCC)CCCC)c2-c2ccccc2F)C(C)C)c1. The quantitative estimate of drug-likeness (QED) is 0.0426. The zero-order valence-corrected chi connectivity index (χ0v) is 41.5. The van der Waals surface area contributed by atoms with Crippen LogP contribution in [0.4, 0.5) is 8.78 Å². The molecule has 0 spiro atoms. The van der Waals surface area contributed by atoms with Gasteiger partial charge in [0.25, 0.3) is 0 Å². The first kappa shape index (κ1) is 48.7. The van der Waals surface area contributed by atoms with E-state index in [1.807, 2.05) is 36.4 Å². The van der Waals surface area contributed by atoms with Crippen molar-refractivity contribution >= 4 is 59.2 Å². The highest BCUT2D eigenvalue weighted by atomic mass is 31.2. The lowest BCUT2D eigenvalue weighted by Crippen LogP contribution is -2.50. The van der Waals surface area contributed by atoms with Crippen molar-refractivity contribution in [1.82, 2.24) is 4.44 Å². The maximum Gasteiger partial charge on any atom is 0.132 e. The molecule has 0 saturated heterocycles.